The summed E-state index contributed by atoms with van der Waals surface area (Å²) in [6, 6.07) is 6.90. The highest BCUT2D eigenvalue weighted by molar-refractivity contribution is 5.86. The summed E-state index contributed by atoms with van der Waals surface area (Å²) in [6.07, 6.45) is 0.268. The molecule has 2 aromatic rings. The fourth-order valence-electron chi connectivity index (χ4n) is 1.73. The summed E-state index contributed by atoms with van der Waals surface area (Å²) in [5, 5.41) is 20.9. The number of benzene rings is 1. The van der Waals surface area contributed by atoms with E-state index in [1.165, 1.54) is 0 Å². The number of aromatic nitrogens is 1. The van der Waals surface area contributed by atoms with Gasteiger partial charge in [0, 0.05) is 17.8 Å². The van der Waals surface area contributed by atoms with Crippen LogP contribution in [0, 0.1) is 0 Å². The van der Waals surface area contributed by atoms with E-state index in [1.807, 2.05) is 6.07 Å². The van der Waals surface area contributed by atoms with Crippen molar-refractivity contribution in [3.05, 3.63) is 42.2 Å². The maximum absolute atomic E-state index is 10.9. The summed E-state index contributed by atoms with van der Waals surface area (Å²) in [4.78, 5) is 14.8. The third kappa shape index (κ3) is 2.11. The van der Waals surface area contributed by atoms with Crippen LogP contribution in [0.1, 0.15) is 11.7 Å². The van der Waals surface area contributed by atoms with E-state index < -0.39 is 18.1 Å². The first kappa shape index (κ1) is 11.5. The maximum Gasteiger partial charge on any atom is 0.249 e. The molecule has 88 valence electrons. The van der Waals surface area contributed by atoms with Crippen LogP contribution < -0.4 is 5.73 Å². The van der Waals surface area contributed by atoms with Crippen LogP contribution in [0.5, 0.6) is 0 Å². The third-order valence-electron chi connectivity index (χ3n) is 2.62. The van der Waals surface area contributed by atoms with Crippen molar-refractivity contribution in [2.45, 2.75) is 12.2 Å². The molecule has 0 saturated carbocycles. The van der Waals surface area contributed by atoms with Gasteiger partial charge in [0.1, 0.15) is 6.10 Å². The molecule has 1 amide bonds. The highest BCUT2D eigenvalue weighted by atomic mass is 16.3. The van der Waals surface area contributed by atoms with E-state index in [0.29, 0.717) is 5.56 Å². The number of amides is 1. The van der Waals surface area contributed by atoms with Crippen molar-refractivity contribution in [1.29, 1.82) is 0 Å². The van der Waals surface area contributed by atoms with Gasteiger partial charge in [0.2, 0.25) is 5.91 Å². The van der Waals surface area contributed by atoms with Crippen LogP contribution in [0.15, 0.2) is 36.7 Å². The molecule has 17 heavy (non-hydrogen) atoms. The van der Waals surface area contributed by atoms with Gasteiger partial charge >= 0.3 is 0 Å². The predicted molar refractivity (Wildman–Crippen MR) is 61.9 cm³/mol. The zero-order chi connectivity index (χ0) is 12.4. The minimum Gasteiger partial charge on any atom is -0.385 e. The van der Waals surface area contributed by atoms with Gasteiger partial charge in [-0.3, -0.25) is 9.78 Å². The number of hydrogen-bond acceptors (Lipinski definition) is 4. The van der Waals surface area contributed by atoms with Gasteiger partial charge in [-0.05, 0) is 17.0 Å². The van der Waals surface area contributed by atoms with Crippen LogP contribution in [0.2, 0.25) is 0 Å². The molecule has 0 bridgehead atoms. The Morgan fingerprint density at radius 3 is 2.76 bits per heavy atom. The number of pyridine rings is 1. The maximum atomic E-state index is 10.9. The molecule has 0 radical (unpaired) electrons. The summed E-state index contributed by atoms with van der Waals surface area (Å²) < 4.78 is 0. The Morgan fingerprint density at radius 1 is 1.29 bits per heavy atom. The molecule has 1 heterocycles. The lowest BCUT2D eigenvalue weighted by Gasteiger charge is -2.16. The second-order valence-electron chi connectivity index (χ2n) is 3.74. The van der Waals surface area contributed by atoms with Crippen LogP contribution in [-0.2, 0) is 4.79 Å². The molecule has 0 aliphatic rings. The fraction of sp³-hybridized carbons (Fsp3) is 0.167. The van der Waals surface area contributed by atoms with E-state index in [4.69, 9.17) is 5.73 Å². The molecule has 5 heteroatoms. The van der Waals surface area contributed by atoms with Gasteiger partial charge in [-0.2, -0.15) is 0 Å². The lowest BCUT2D eigenvalue weighted by molar-refractivity contribution is -0.131. The number of hydrogen-bond donors (Lipinski definition) is 3. The second kappa shape index (κ2) is 4.48. The Hall–Kier alpha value is -1.98. The third-order valence-corrected chi connectivity index (χ3v) is 2.62. The van der Waals surface area contributed by atoms with Gasteiger partial charge < -0.3 is 15.9 Å². The van der Waals surface area contributed by atoms with Gasteiger partial charge in [-0.1, -0.05) is 18.2 Å². The summed E-state index contributed by atoms with van der Waals surface area (Å²) in [7, 11) is 0. The van der Waals surface area contributed by atoms with Gasteiger partial charge in [0.15, 0.2) is 6.10 Å². The molecule has 0 aliphatic heterocycles. The Kier molecular flexibility index (Phi) is 3.03. The molecule has 4 N–H and O–H groups in total. The van der Waals surface area contributed by atoms with Crippen LogP contribution >= 0.6 is 0 Å². The first-order valence-corrected chi connectivity index (χ1v) is 5.09. The van der Waals surface area contributed by atoms with E-state index >= 15 is 0 Å². The smallest absolute Gasteiger partial charge is 0.249 e. The van der Waals surface area contributed by atoms with Gasteiger partial charge in [-0.25, -0.2) is 0 Å². The fourth-order valence-corrected chi connectivity index (χ4v) is 1.73. The average molecular weight is 232 g/mol. The van der Waals surface area contributed by atoms with Crippen molar-refractivity contribution < 1.29 is 15.0 Å². The van der Waals surface area contributed by atoms with E-state index in [0.717, 1.165) is 10.8 Å². The quantitative estimate of drug-likeness (QED) is 0.700. The number of carbonyl (C=O) groups is 1. The molecule has 5 nitrogen and oxygen atoms in total. The topological polar surface area (TPSA) is 96.4 Å². The zero-order valence-electron chi connectivity index (χ0n) is 8.95. The number of fused-ring (bicyclic) bond motifs is 1. The van der Waals surface area contributed by atoms with Crippen LogP contribution in [-0.4, -0.2) is 27.2 Å². The molecule has 1 aromatic heterocycles. The minimum absolute atomic E-state index is 0.455. The van der Waals surface area contributed by atoms with E-state index in [1.54, 1.807) is 30.6 Å². The normalized spacial score (nSPS) is 14.5. The van der Waals surface area contributed by atoms with E-state index in [-0.39, 0.29) is 0 Å². The number of nitrogens with two attached hydrogens (primary N) is 1. The van der Waals surface area contributed by atoms with Gasteiger partial charge in [-0.15, -0.1) is 0 Å². The monoisotopic (exact) mass is 232 g/mol. The van der Waals surface area contributed by atoms with E-state index in [2.05, 4.69) is 4.98 Å². The lowest BCUT2D eigenvalue weighted by atomic mass is 9.98. The molecule has 2 atom stereocenters. The molecule has 2 unspecified atom stereocenters. The first-order valence-electron chi connectivity index (χ1n) is 5.09. The number of aliphatic hydroxyl groups is 2. The number of rotatable bonds is 3. The van der Waals surface area contributed by atoms with Crippen molar-refractivity contribution in [2.75, 3.05) is 0 Å². The number of carbonyl (C=O) groups excluding carboxylic acids is 1. The molecular formula is C12H12N2O3. The van der Waals surface area contributed by atoms with Gasteiger partial charge in [0.05, 0.1) is 0 Å². The van der Waals surface area contributed by atoms with Crippen LogP contribution in [0.25, 0.3) is 10.8 Å². The summed E-state index contributed by atoms with van der Waals surface area (Å²) >= 11 is 0. The standard InChI is InChI=1S/C12H12N2O3/c13-12(17)11(16)10(15)9-3-1-2-7-6-14-5-4-8(7)9/h1-6,10-11,15-16H,(H2,13,17). The Bertz CT molecular complexity index is 551. The number of aliphatic hydroxyl groups excluding tert-OH is 2. The van der Waals surface area contributed by atoms with E-state index in [9.17, 15) is 15.0 Å². The highest BCUT2D eigenvalue weighted by Gasteiger charge is 2.24. The van der Waals surface area contributed by atoms with Crippen molar-refractivity contribution in [3.63, 3.8) is 0 Å². The van der Waals surface area contributed by atoms with Crippen LogP contribution in [0.4, 0.5) is 0 Å². The minimum atomic E-state index is -1.62. The van der Waals surface area contributed by atoms with Crippen molar-refractivity contribution in [3.8, 4) is 0 Å². The zero-order valence-corrected chi connectivity index (χ0v) is 8.95. The number of primary amides is 1. The predicted octanol–water partition coefficient (Wildman–Crippen LogP) is 0.114. The largest absolute Gasteiger partial charge is 0.385 e. The summed E-state index contributed by atoms with van der Waals surface area (Å²) in [5.41, 5.74) is 5.41. The van der Waals surface area contributed by atoms with Crippen molar-refractivity contribution in [2.24, 2.45) is 5.73 Å². The Balaban J connectivity index is 2.52. The molecule has 0 fully saturated rings. The van der Waals surface area contributed by atoms with Gasteiger partial charge in [0.25, 0.3) is 0 Å². The SMILES string of the molecule is NC(=O)C(O)C(O)c1cccc2cnccc12. The molecule has 0 saturated heterocycles. The number of nitrogens with zero attached hydrogens (tertiary/aromatic N) is 1. The van der Waals surface area contributed by atoms with Crippen molar-refractivity contribution >= 4 is 16.7 Å². The van der Waals surface area contributed by atoms with Crippen molar-refractivity contribution in [1.82, 2.24) is 4.98 Å². The lowest BCUT2D eigenvalue weighted by Crippen LogP contribution is -2.33. The Morgan fingerprint density at radius 2 is 2.06 bits per heavy atom. The second-order valence-corrected chi connectivity index (χ2v) is 3.74. The molecule has 0 aliphatic carbocycles. The summed E-state index contributed by atoms with van der Waals surface area (Å²) in [6.45, 7) is 0. The molecular weight excluding hydrogens is 220 g/mol. The first-order chi connectivity index (χ1) is 8.11. The Labute approximate surface area is 97.5 Å². The highest BCUT2D eigenvalue weighted by Crippen LogP contribution is 2.25. The molecule has 1 aromatic carbocycles. The average Bonchev–Trinajstić information content (AvgIpc) is 2.36. The molecule has 2 rings (SSSR count). The molecule has 0 spiro atoms. The van der Waals surface area contributed by atoms with Crippen LogP contribution in [0.3, 0.4) is 0 Å². The summed E-state index contributed by atoms with van der Waals surface area (Å²) in [5.74, 6) is -0.955.